The molecule has 2 saturated heterocycles. The summed E-state index contributed by atoms with van der Waals surface area (Å²) in [4.78, 5) is 4.51. The molecule has 0 aromatic heterocycles. The summed E-state index contributed by atoms with van der Waals surface area (Å²) in [5.74, 6) is 2.30. The third kappa shape index (κ3) is 2.54. The zero-order valence-electron chi connectivity index (χ0n) is 10.5. The Morgan fingerprint density at radius 3 is 2.94 bits per heavy atom. The Hall–Kier alpha value is -0.230. The number of nitrogens with zero attached hydrogens (tertiary/aromatic N) is 1. The lowest BCUT2D eigenvalue weighted by molar-refractivity contribution is 0.489. The molecule has 1 N–H and O–H groups in total. The number of nitrogens with one attached hydrogen (secondary N) is 1. The quantitative estimate of drug-likeness (QED) is 0.835. The molecule has 0 spiro atoms. The van der Waals surface area contributed by atoms with Gasteiger partial charge in [-0.2, -0.15) is 0 Å². The summed E-state index contributed by atoms with van der Waals surface area (Å²) in [6.45, 7) is 0.453. The first kappa shape index (κ1) is 12.8. The van der Waals surface area contributed by atoms with Crippen LogP contribution in [-0.2, 0) is 9.84 Å². The van der Waals surface area contributed by atoms with Crippen molar-refractivity contribution in [3.63, 3.8) is 0 Å². The third-order valence-corrected chi connectivity index (χ3v) is 7.68. The van der Waals surface area contributed by atoms with Crippen LogP contribution in [0.25, 0.3) is 0 Å². The van der Waals surface area contributed by atoms with Gasteiger partial charge in [0.15, 0.2) is 15.0 Å². The number of aliphatic imine (C=N–C) groups is 1. The number of amidine groups is 1. The fourth-order valence-corrected chi connectivity index (χ4v) is 6.05. The summed E-state index contributed by atoms with van der Waals surface area (Å²) in [5, 5.41) is 4.23. The average Bonchev–Trinajstić information content (AvgIpc) is 2.91. The van der Waals surface area contributed by atoms with E-state index in [0.29, 0.717) is 18.3 Å². The predicted octanol–water partition coefficient (Wildman–Crippen LogP) is 1.42. The first-order valence-corrected chi connectivity index (χ1v) is 9.50. The molecule has 18 heavy (non-hydrogen) atoms. The second-order valence-corrected chi connectivity index (χ2v) is 8.94. The summed E-state index contributed by atoms with van der Waals surface area (Å²) >= 11 is 1.77. The van der Waals surface area contributed by atoms with Gasteiger partial charge in [-0.05, 0) is 31.6 Å². The molecule has 3 fully saturated rings. The van der Waals surface area contributed by atoms with E-state index >= 15 is 0 Å². The predicted molar refractivity (Wildman–Crippen MR) is 75.8 cm³/mol. The molecule has 6 heteroatoms. The van der Waals surface area contributed by atoms with Crippen LogP contribution in [-0.4, -0.2) is 42.9 Å². The molecule has 4 nitrogen and oxygen atoms in total. The number of sulfone groups is 1. The van der Waals surface area contributed by atoms with E-state index in [-0.39, 0.29) is 5.25 Å². The van der Waals surface area contributed by atoms with Gasteiger partial charge in [-0.3, -0.25) is 4.99 Å². The van der Waals surface area contributed by atoms with Crippen molar-refractivity contribution in [3.05, 3.63) is 0 Å². The molecule has 3 aliphatic rings. The van der Waals surface area contributed by atoms with Crippen molar-refractivity contribution in [1.82, 2.24) is 5.32 Å². The maximum atomic E-state index is 11.7. The molecule has 2 heterocycles. The van der Waals surface area contributed by atoms with Gasteiger partial charge in [-0.1, -0.05) is 18.2 Å². The molecule has 102 valence electrons. The lowest BCUT2D eigenvalue weighted by atomic mass is 10.1. The molecular weight excluding hydrogens is 268 g/mol. The van der Waals surface area contributed by atoms with Crippen molar-refractivity contribution >= 4 is 26.8 Å². The van der Waals surface area contributed by atoms with Gasteiger partial charge in [-0.15, -0.1) is 0 Å². The molecule has 3 atom stereocenters. The Balaban J connectivity index is 1.60. The minimum absolute atomic E-state index is 0.228. The van der Waals surface area contributed by atoms with E-state index in [4.69, 9.17) is 0 Å². The van der Waals surface area contributed by atoms with Crippen LogP contribution in [0.15, 0.2) is 4.99 Å². The molecule has 0 radical (unpaired) electrons. The minimum Gasteiger partial charge on any atom is -0.362 e. The molecular formula is C12H20N2O2S2. The Kier molecular flexibility index (Phi) is 3.58. The smallest absolute Gasteiger partial charge is 0.156 e. The molecule has 0 amide bonds. The largest absolute Gasteiger partial charge is 0.362 e. The van der Waals surface area contributed by atoms with Gasteiger partial charge >= 0.3 is 0 Å². The molecule has 1 saturated carbocycles. The van der Waals surface area contributed by atoms with Crippen LogP contribution < -0.4 is 5.32 Å². The first-order chi connectivity index (χ1) is 8.65. The minimum atomic E-state index is -2.85. The van der Waals surface area contributed by atoms with Crippen molar-refractivity contribution < 1.29 is 8.42 Å². The Bertz CT molecular complexity index is 447. The normalized spacial score (nSPS) is 40.7. The van der Waals surface area contributed by atoms with E-state index in [2.05, 4.69) is 10.3 Å². The van der Waals surface area contributed by atoms with E-state index in [1.807, 2.05) is 0 Å². The highest BCUT2D eigenvalue weighted by atomic mass is 32.2. The highest BCUT2D eigenvalue weighted by Crippen LogP contribution is 2.33. The van der Waals surface area contributed by atoms with Crippen LogP contribution >= 0.6 is 11.8 Å². The molecule has 2 aliphatic heterocycles. The van der Waals surface area contributed by atoms with E-state index in [0.717, 1.165) is 29.7 Å². The van der Waals surface area contributed by atoms with Crippen LogP contribution in [0, 0.1) is 5.92 Å². The molecule has 3 rings (SSSR count). The number of rotatable bonds is 2. The second kappa shape index (κ2) is 5.04. The zero-order valence-corrected chi connectivity index (χ0v) is 12.1. The van der Waals surface area contributed by atoms with E-state index in [1.165, 1.54) is 19.3 Å². The third-order valence-electron chi connectivity index (χ3n) is 4.30. The van der Waals surface area contributed by atoms with Crippen molar-refractivity contribution in [3.8, 4) is 0 Å². The summed E-state index contributed by atoms with van der Waals surface area (Å²) in [5.41, 5.74) is 0. The maximum Gasteiger partial charge on any atom is 0.156 e. The highest BCUT2D eigenvalue weighted by Gasteiger charge is 2.33. The summed E-state index contributed by atoms with van der Waals surface area (Å²) in [6, 6.07) is 0.588. The van der Waals surface area contributed by atoms with Gasteiger partial charge in [0, 0.05) is 11.8 Å². The topological polar surface area (TPSA) is 58.5 Å². The van der Waals surface area contributed by atoms with Crippen LogP contribution in [0.3, 0.4) is 0 Å². The van der Waals surface area contributed by atoms with Crippen LogP contribution in [0.5, 0.6) is 0 Å². The van der Waals surface area contributed by atoms with E-state index in [1.54, 1.807) is 11.8 Å². The van der Waals surface area contributed by atoms with Crippen LogP contribution in [0.4, 0.5) is 0 Å². The summed E-state index contributed by atoms with van der Waals surface area (Å²) in [6.07, 6.45) is 5.48. The lowest BCUT2D eigenvalue weighted by Crippen LogP contribution is -2.41. The Morgan fingerprint density at radius 2 is 2.17 bits per heavy atom. The van der Waals surface area contributed by atoms with Gasteiger partial charge in [0.25, 0.3) is 0 Å². The molecule has 0 aromatic carbocycles. The standard InChI is InChI=1S/C12H20N2O2S2/c15-18(16)6-2-4-10(18)7-13-12-14-11-5-1-3-9(11)8-17-12/h9-11H,1-8H2,(H,13,14). The summed E-state index contributed by atoms with van der Waals surface area (Å²) in [7, 11) is -2.85. The van der Waals surface area contributed by atoms with Crippen molar-refractivity contribution in [2.75, 3.05) is 18.1 Å². The van der Waals surface area contributed by atoms with Crippen molar-refractivity contribution in [2.24, 2.45) is 10.9 Å². The number of fused-ring (bicyclic) bond motifs is 1. The average molecular weight is 288 g/mol. The second-order valence-electron chi connectivity index (χ2n) is 5.53. The van der Waals surface area contributed by atoms with Gasteiger partial charge < -0.3 is 5.32 Å². The van der Waals surface area contributed by atoms with Crippen molar-refractivity contribution in [2.45, 2.75) is 43.4 Å². The monoisotopic (exact) mass is 288 g/mol. The molecule has 3 unspecified atom stereocenters. The zero-order chi connectivity index (χ0) is 12.6. The molecule has 0 aromatic rings. The number of hydrogen-bond acceptors (Lipinski definition) is 4. The van der Waals surface area contributed by atoms with Gasteiger partial charge in [0.05, 0.1) is 17.5 Å². The number of hydrogen-bond donors (Lipinski definition) is 1. The Morgan fingerprint density at radius 1 is 1.28 bits per heavy atom. The molecule has 0 bridgehead atoms. The summed E-state index contributed by atoms with van der Waals surface area (Å²) < 4.78 is 23.4. The molecule has 1 aliphatic carbocycles. The SMILES string of the molecule is O=S1(=O)CCCC1CN=C1NC2CCCC2CS1. The number of thioether (sulfide) groups is 1. The van der Waals surface area contributed by atoms with Crippen LogP contribution in [0.1, 0.15) is 32.1 Å². The lowest BCUT2D eigenvalue weighted by Gasteiger charge is -2.28. The maximum absolute atomic E-state index is 11.7. The first-order valence-electron chi connectivity index (χ1n) is 6.80. The fourth-order valence-electron chi connectivity index (χ4n) is 3.15. The van der Waals surface area contributed by atoms with Gasteiger partial charge in [0.2, 0.25) is 0 Å². The van der Waals surface area contributed by atoms with Crippen LogP contribution in [0.2, 0.25) is 0 Å². The van der Waals surface area contributed by atoms with Gasteiger partial charge in [-0.25, -0.2) is 8.42 Å². The van der Waals surface area contributed by atoms with Crippen molar-refractivity contribution in [1.29, 1.82) is 0 Å². The van der Waals surface area contributed by atoms with Gasteiger partial charge in [0.1, 0.15) is 0 Å². The van der Waals surface area contributed by atoms with E-state index < -0.39 is 9.84 Å². The van der Waals surface area contributed by atoms with E-state index in [9.17, 15) is 8.42 Å². The fraction of sp³-hybridized carbons (Fsp3) is 0.917. The highest BCUT2D eigenvalue weighted by molar-refractivity contribution is 8.13. The Labute approximate surface area is 113 Å².